The van der Waals surface area contributed by atoms with Gasteiger partial charge in [-0.1, -0.05) is 11.6 Å². The number of nitrogens with one attached hydrogen (secondary N) is 1. The second-order valence-corrected chi connectivity index (χ2v) is 2.78. The summed E-state index contributed by atoms with van der Waals surface area (Å²) >= 11 is 5.73. The molecule has 0 fully saturated rings. The van der Waals surface area contributed by atoms with Crippen LogP contribution in [0.1, 0.15) is 5.82 Å². The molecule has 0 saturated heterocycles. The number of rotatable bonds is 0. The summed E-state index contributed by atoms with van der Waals surface area (Å²) < 4.78 is 12.9. The van der Waals surface area contributed by atoms with Crippen molar-refractivity contribution in [3.63, 3.8) is 0 Å². The van der Waals surface area contributed by atoms with Crippen molar-refractivity contribution in [3.05, 3.63) is 23.0 Å². The molecule has 0 spiro atoms. The van der Waals surface area contributed by atoms with Crippen molar-refractivity contribution >= 4 is 22.6 Å². The minimum absolute atomic E-state index is 0.243. The van der Waals surface area contributed by atoms with E-state index in [1.54, 1.807) is 6.92 Å². The molecule has 0 unspecified atom stereocenters. The summed E-state index contributed by atoms with van der Waals surface area (Å²) in [5, 5.41) is 0.251. The largest absolute Gasteiger partial charge is 0.355 e. The van der Waals surface area contributed by atoms with Gasteiger partial charge in [0.2, 0.25) is 0 Å². The maximum absolute atomic E-state index is 12.9. The Morgan fingerprint density at radius 3 is 3.00 bits per heavy atom. The zero-order valence-corrected chi connectivity index (χ0v) is 6.98. The fraction of sp³-hybridized carbons (Fsp3) is 0.143. The van der Waals surface area contributed by atoms with Gasteiger partial charge in [0, 0.05) is 6.20 Å². The van der Waals surface area contributed by atoms with Crippen LogP contribution < -0.4 is 0 Å². The average molecular weight is 186 g/mol. The number of aromatic nitrogens is 3. The van der Waals surface area contributed by atoms with Gasteiger partial charge < -0.3 is 4.98 Å². The van der Waals surface area contributed by atoms with Gasteiger partial charge in [-0.15, -0.1) is 0 Å². The Hall–Kier alpha value is -1.16. The van der Waals surface area contributed by atoms with Crippen LogP contribution in [-0.4, -0.2) is 15.0 Å². The van der Waals surface area contributed by atoms with Gasteiger partial charge in [0.15, 0.2) is 11.0 Å². The van der Waals surface area contributed by atoms with Gasteiger partial charge in [0.25, 0.3) is 0 Å². The third-order valence-electron chi connectivity index (χ3n) is 1.55. The molecule has 12 heavy (non-hydrogen) atoms. The van der Waals surface area contributed by atoms with Gasteiger partial charge >= 0.3 is 0 Å². The predicted molar refractivity (Wildman–Crippen MR) is 43.6 cm³/mol. The number of aromatic amines is 1. The minimum atomic E-state index is -0.405. The molecule has 1 N–H and O–H groups in total. The summed E-state index contributed by atoms with van der Waals surface area (Å²) in [4.78, 5) is 10.4. The van der Waals surface area contributed by atoms with Gasteiger partial charge in [0.05, 0.1) is 0 Å². The number of halogens is 2. The summed E-state index contributed by atoms with van der Waals surface area (Å²) in [6, 6.07) is 0. The number of fused-ring (bicyclic) bond motifs is 1. The van der Waals surface area contributed by atoms with Gasteiger partial charge in [0.1, 0.15) is 16.9 Å². The molecule has 0 saturated carbocycles. The van der Waals surface area contributed by atoms with Gasteiger partial charge in [-0.3, -0.25) is 0 Å². The molecule has 5 heteroatoms. The van der Waals surface area contributed by atoms with E-state index in [9.17, 15) is 4.39 Å². The molecule has 2 rings (SSSR count). The molecular weight excluding hydrogens is 181 g/mol. The fourth-order valence-electron chi connectivity index (χ4n) is 1.04. The minimum Gasteiger partial charge on any atom is -0.355 e. The SMILES string of the molecule is Cc1nc(Cl)c2[nH]cc(F)c2n1. The highest BCUT2D eigenvalue weighted by Crippen LogP contribution is 2.20. The van der Waals surface area contributed by atoms with E-state index in [0.717, 1.165) is 0 Å². The maximum atomic E-state index is 12.9. The quantitative estimate of drug-likeness (QED) is 0.639. The smallest absolute Gasteiger partial charge is 0.167 e. The van der Waals surface area contributed by atoms with Crippen LogP contribution in [0.3, 0.4) is 0 Å². The van der Waals surface area contributed by atoms with Crippen molar-refractivity contribution < 1.29 is 4.39 Å². The van der Waals surface area contributed by atoms with Crippen LogP contribution in [0.2, 0.25) is 5.15 Å². The summed E-state index contributed by atoms with van der Waals surface area (Å²) in [6.45, 7) is 1.66. The number of hydrogen-bond donors (Lipinski definition) is 1. The number of hydrogen-bond acceptors (Lipinski definition) is 2. The third kappa shape index (κ3) is 0.956. The first kappa shape index (κ1) is 7.49. The van der Waals surface area contributed by atoms with E-state index in [0.29, 0.717) is 11.3 Å². The van der Waals surface area contributed by atoms with E-state index in [2.05, 4.69) is 15.0 Å². The predicted octanol–water partition coefficient (Wildman–Crippen LogP) is 2.06. The van der Waals surface area contributed by atoms with Crippen LogP contribution in [0.25, 0.3) is 11.0 Å². The highest BCUT2D eigenvalue weighted by molar-refractivity contribution is 6.33. The standard InChI is InChI=1S/C7H5ClFN3/c1-3-11-5-4(9)2-10-6(5)7(8)12-3/h2,10H,1H3. The molecule has 0 aliphatic carbocycles. The monoisotopic (exact) mass is 185 g/mol. The molecule has 3 nitrogen and oxygen atoms in total. The first-order chi connectivity index (χ1) is 5.68. The molecule has 0 bridgehead atoms. The highest BCUT2D eigenvalue weighted by atomic mass is 35.5. The lowest BCUT2D eigenvalue weighted by molar-refractivity contribution is 0.636. The zero-order valence-electron chi connectivity index (χ0n) is 6.23. The summed E-state index contributed by atoms with van der Waals surface area (Å²) in [7, 11) is 0. The molecule has 0 aliphatic rings. The van der Waals surface area contributed by atoms with E-state index in [-0.39, 0.29) is 10.7 Å². The van der Waals surface area contributed by atoms with Crippen LogP contribution in [-0.2, 0) is 0 Å². The highest BCUT2D eigenvalue weighted by Gasteiger charge is 2.09. The molecule has 2 aromatic heterocycles. The van der Waals surface area contributed by atoms with Crippen molar-refractivity contribution in [3.8, 4) is 0 Å². The Morgan fingerprint density at radius 2 is 2.25 bits per heavy atom. The van der Waals surface area contributed by atoms with E-state index in [1.165, 1.54) is 6.20 Å². The number of aryl methyl sites for hydroxylation is 1. The molecule has 0 radical (unpaired) electrons. The van der Waals surface area contributed by atoms with Crippen molar-refractivity contribution in [2.24, 2.45) is 0 Å². The summed E-state index contributed by atoms with van der Waals surface area (Å²) in [6.07, 6.45) is 1.21. The topological polar surface area (TPSA) is 41.6 Å². The molecule has 62 valence electrons. The Kier molecular flexibility index (Phi) is 1.51. The lowest BCUT2D eigenvalue weighted by atomic mass is 10.4. The Labute approximate surface area is 72.6 Å². The average Bonchev–Trinajstić information content (AvgIpc) is 2.33. The third-order valence-corrected chi connectivity index (χ3v) is 1.82. The second-order valence-electron chi connectivity index (χ2n) is 2.42. The molecule has 0 amide bonds. The first-order valence-electron chi connectivity index (χ1n) is 3.35. The molecular formula is C7H5ClFN3. The van der Waals surface area contributed by atoms with Crippen LogP contribution >= 0.6 is 11.6 Å². The molecule has 0 atom stereocenters. The molecule has 0 aliphatic heterocycles. The van der Waals surface area contributed by atoms with Crippen molar-refractivity contribution in [2.75, 3.05) is 0 Å². The molecule has 2 aromatic rings. The van der Waals surface area contributed by atoms with Crippen molar-refractivity contribution in [1.29, 1.82) is 0 Å². The van der Waals surface area contributed by atoms with Crippen molar-refractivity contribution in [1.82, 2.24) is 15.0 Å². The first-order valence-corrected chi connectivity index (χ1v) is 3.73. The second kappa shape index (κ2) is 2.42. The fourth-order valence-corrected chi connectivity index (χ4v) is 1.31. The normalized spacial score (nSPS) is 10.9. The van der Waals surface area contributed by atoms with E-state index in [4.69, 9.17) is 11.6 Å². The lowest BCUT2D eigenvalue weighted by Gasteiger charge is -1.94. The van der Waals surface area contributed by atoms with Gasteiger partial charge in [-0.25, -0.2) is 14.4 Å². The summed E-state index contributed by atoms with van der Waals surface area (Å²) in [5.41, 5.74) is 0.687. The molecule has 2 heterocycles. The zero-order chi connectivity index (χ0) is 8.72. The number of H-pyrrole nitrogens is 1. The Bertz CT molecular complexity index is 437. The van der Waals surface area contributed by atoms with E-state index >= 15 is 0 Å². The number of nitrogens with zero attached hydrogens (tertiary/aromatic N) is 2. The van der Waals surface area contributed by atoms with E-state index in [1.807, 2.05) is 0 Å². The summed E-state index contributed by atoms with van der Waals surface area (Å²) in [5.74, 6) is 0.0587. The van der Waals surface area contributed by atoms with Crippen LogP contribution in [0, 0.1) is 12.7 Å². The van der Waals surface area contributed by atoms with Gasteiger partial charge in [-0.2, -0.15) is 0 Å². The molecule has 0 aromatic carbocycles. The van der Waals surface area contributed by atoms with Gasteiger partial charge in [-0.05, 0) is 6.92 Å². The van der Waals surface area contributed by atoms with Crippen LogP contribution in [0.5, 0.6) is 0 Å². The lowest BCUT2D eigenvalue weighted by Crippen LogP contribution is -1.89. The Morgan fingerprint density at radius 1 is 1.50 bits per heavy atom. The van der Waals surface area contributed by atoms with E-state index < -0.39 is 5.82 Å². The van der Waals surface area contributed by atoms with Crippen LogP contribution in [0.15, 0.2) is 6.20 Å². The van der Waals surface area contributed by atoms with Crippen molar-refractivity contribution in [2.45, 2.75) is 6.92 Å². The van der Waals surface area contributed by atoms with Crippen LogP contribution in [0.4, 0.5) is 4.39 Å². The Balaban J connectivity index is 2.92. The maximum Gasteiger partial charge on any atom is 0.167 e.